The molecule has 1 N–H and O–H groups in total. The number of benzene rings is 1. The van der Waals surface area contributed by atoms with Crippen molar-refractivity contribution in [1.29, 1.82) is 0 Å². The third-order valence-corrected chi connectivity index (χ3v) is 6.04. The Bertz CT molecular complexity index is 709. The molecular formula is C21H32BNO5. The van der Waals surface area contributed by atoms with E-state index in [0.29, 0.717) is 13.0 Å². The molecule has 154 valence electrons. The third-order valence-electron chi connectivity index (χ3n) is 6.04. The Balaban J connectivity index is 1.68. The standard InChI is InChI=1S/C21H32BNO5/c1-14(23-13-17(26-18(23)24)12-19(2,3)25)15-8-10-16(11-9-15)22-27-20(4,5)21(6,7)28-22/h8-11,14,17,25H,12-13H2,1-7H3/t14-,17+/m0/s1. The molecule has 1 amide bonds. The second-order valence-corrected chi connectivity index (χ2v) is 9.61. The molecule has 3 rings (SSSR count). The highest BCUT2D eigenvalue weighted by Crippen LogP contribution is 2.36. The molecule has 7 heteroatoms. The number of hydrogen-bond donors (Lipinski definition) is 1. The van der Waals surface area contributed by atoms with Crippen LogP contribution in [0.4, 0.5) is 4.79 Å². The van der Waals surface area contributed by atoms with E-state index in [2.05, 4.69) is 0 Å². The zero-order valence-electron chi connectivity index (χ0n) is 18.0. The van der Waals surface area contributed by atoms with Crippen LogP contribution in [0.25, 0.3) is 0 Å². The van der Waals surface area contributed by atoms with Crippen molar-refractivity contribution in [3.8, 4) is 0 Å². The van der Waals surface area contributed by atoms with Crippen LogP contribution in [0.15, 0.2) is 24.3 Å². The van der Waals surface area contributed by atoms with Crippen molar-refractivity contribution in [3.63, 3.8) is 0 Å². The fourth-order valence-electron chi connectivity index (χ4n) is 3.61. The molecule has 2 heterocycles. The number of amides is 1. The molecule has 2 atom stereocenters. The molecule has 2 aliphatic heterocycles. The number of nitrogens with zero attached hydrogens (tertiary/aromatic N) is 1. The van der Waals surface area contributed by atoms with Crippen LogP contribution in [-0.4, -0.2) is 52.7 Å². The summed E-state index contributed by atoms with van der Waals surface area (Å²) in [4.78, 5) is 14.0. The minimum atomic E-state index is -0.866. The van der Waals surface area contributed by atoms with Crippen molar-refractivity contribution >= 4 is 18.7 Å². The maximum Gasteiger partial charge on any atom is 0.494 e. The van der Waals surface area contributed by atoms with Crippen LogP contribution in [-0.2, 0) is 14.0 Å². The molecule has 1 aromatic rings. The second-order valence-electron chi connectivity index (χ2n) is 9.61. The summed E-state index contributed by atoms with van der Waals surface area (Å²) in [6.45, 7) is 14.0. The van der Waals surface area contributed by atoms with Crippen molar-refractivity contribution in [2.45, 2.75) is 83.8 Å². The van der Waals surface area contributed by atoms with Crippen molar-refractivity contribution in [2.24, 2.45) is 0 Å². The van der Waals surface area contributed by atoms with Crippen molar-refractivity contribution in [1.82, 2.24) is 4.90 Å². The van der Waals surface area contributed by atoms with Crippen LogP contribution in [0, 0.1) is 0 Å². The Labute approximate surface area is 168 Å². The Morgan fingerprint density at radius 1 is 1.18 bits per heavy atom. The molecule has 0 aromatic heterocycles. The monoisotopic (exact) mass is 389 g/mol. The molecule has 0 saturated carbocycles. The minimum absolute atomic E-state index is 0.119. The quantitative estimate of drug-likeness (QED) is 0.785. The van der Waals surface area contributed by atoms with Gasteiger partial charge in [0.15, 0.2) is 0 Å². The van der Waals surface area contributed by atoms with Crippen molar-refractivity contribution in [2.75, 3.05) is 6.54 Å². The molecule has 0 aliphatic carbocycles. The van der Waals surface area contributed by atoms with E-state index in [1.165, 1.54) is 0 Å². The number of ether oxygens (including phenoxy) is 1. The molecule has 2 saturated heterocycles. The summed E-state index contributed by atoms with van der Waals surface area (Å²) >= 11 is 0. The first-order chi connectivity index (χ1) is 12.8. The number of hydrogen-bond acceptors (Lipinski definition) is 5. The third kappa shape index (κ3) is 4.21. The van der Waals surface area contributed by atoms with Crippen LogP contribution in [0.5, 0.6) is 0 Å². The maximum atomic E-state index is 12.3. The van der Waals surface area contributed by atoms with E-state index in [0.717, 1.165) is 11.0 Å². The molecule has 2 aliphatic rings. The van der Waals surface area contributed by atoms with Crippen LogP contribution in [0.1, 0.15) is 66.5 Å². The zero-order valence-corrected chi connectivity index (χ0v) is 18.0. The summed E-state index contributed by atoms with van der Waals surface area (Å²) in [6.07, 6.45) is -0.209. The smallest absolute Gasteiger partial charge is 0.444 e. The molecule has 2 fully saturated rings. The Kier molecular flexibility index (Phi) is 5.32. The van der Waals surface area contributed by atoms with E-state index in [4.69, 9.17) is 14.0 Å². The highest BCUT2D eigenvalue weighted by atomic mass is 16.7. The minimum Gasteiger partial charge on any atom is -0.444 e. The van der Waals surface area contributed by atoms with Gasteiger partial charge in [0.2, 0.25) is 0 Å². The van der Waals surface area contributed by atoms with Gasteiger partial charge in [0.25, 0.3) is 0 Å². The van der Waals surface area contributed by atoms with E-state index in [-0.39, 0.29) is 29.4 Å². The molecule has 28 heavy (non-hydrogen) atoms. The van der Waals surface area contributed by atoms with Crippen molar-refractivity contribution in [3.05, 3.63) is 29.8 Å². The summed E-state index contributed by atoms with van der Waals surface area (Å²) in [5.74, 6) is 0. The predicted molar refractivity (Wildman–Crippen MR) is 108 cm³/mol. The van der Waals surface area contributed by atoms with Gasteiger partial charge in [-0.25, -0.2) is 4.79 Å². The van der Waals surface area contributed by atoms with Crippen LogP contribution >= 0.6 is 0 Å². The Morgan fingerprint density at radius 3 is 2.21 bits per heavy atom. The summed E-state index contributed by atoms with van der Waals surface area (Å²) in [5.41, 5.74) is 0.352. The van der Waals surface area contributed by atoms with E-state index >= 15 is 0 Å². The SMILES string of the molecule is C[C@@H](c1ccc(B2OC(C)(C)C(C)(C)O2)cc1)N1C[C@@H](CC(C)(C)O)OC1=O. The van der Waals surface area contributed by atoms with E-state index in [1.807, 2.05) is 58.9 Å². The molecular weight excluding hydrogens is 357 g/mol. The highest BCUT2D eigenvalue weighted by Gasteiger charge is 2.51. The Hall–Kier alpha value is -1.57. The van der Waals surface area contributed by atoms with Gasteiger partial charge in [0.05, 0.1) is 29.4 Å². The fraction of sp³-hybridized carbons (Fsp3) is 0.667. The molecule has 0 radical (unpaired) electrons. The van der Waals surface area contributed by atoms with Gasteiger partial charge in [0.1, 0.15) is 6.10 Å². The van der Waals surface area contributed by atoms with E-state index in [1.54, 1.807) is 18.7 Å². The van der Waals surface area contributed by atoms with Crippen LogP contribution < -0.4 is 5.46 Å². The van der Waals surface area contributed by atoms with Crippen LogP contribution in [0.3, 0.4) is 0 Å². The van der Waals surface area contributed by atoms with Gasteiger partial charge in [0, 0.05) is 6.42 Å². The normalized spacial score (nSPS) is 25.1. The van der Waals surface area contributed by atoms with E-state index < -0.39 is 12.7 Å². The molecule has 6 nitrogen and oxygen atoms in total. The lowest BCUT2D eigenvalue weighted by Gasteiger charge is -2.32. The molecule has 0 bridgehead atoms. The van der Waals surface area contributed by atoms with Gasteiger partial charge >= 0.3 is 13.2 Å². The van der Waals surface area contributed by atoms with Crippen molar-refractivity contribution < 1.29 is 23.9 Å². The lowest BCUT2D eigenvalue weighted by molar-refractivity contribution is 0.00578. The number of carbonyl (C=O) groups excluding carboxylic acids is 1. The zero-order chi connectivity index (χ0) is 20.9. The topological polar surface area (TPSA) is 68.2 Å². The average Bonchev–Trinajstić information content (AvgIpc) is 3.01. The lowest BCUT2D eigenvalue weighted by atomic mass is 9.78. The number of cyclic esters (lactones) is 1. The van der Waals surface area contributed by atoms with Gasteiger partial charge in [-0.05, 0) is 59.5 Å². The second kappa shape index (κ2) is 7.04. The summed E-state index contributed by atoms with van der Waals surface area (Å²) < 4.78 is 17.6. The average molecular weight is 389 g/mol. The van der Waals surface area contributed by atoms with Gasteiger partial charge in [-0.2, -0.15) is 0 Å². The van der Waals surface area contributed by atoms with Crippen LogP contribution in [0.2, 0.25) is 0 Å². The first-order valence-corrected chi connectivity index (χ1v) is 9.94. The summed E-state index contributed by atoms with van der Waals surface area (Å²) in [5, 5.41) is 9.98. The largest absolute Gasteiger partial charge is 0.494 e. The predicted octanol–water partition coefficient (Wildman–Crippen LogP) is 3.03. The maximum absolute atomic E-state index is 12.3. The summed E-state index contributed by atoms with van der Waals surface area (Å²) in [7, 11) is -0.401. The number of aliphatic hydroxyl groups is 1. The lowest BCUT2D eigenvalue weighted by Crippen LogP contribution is -2.41. The number of rotatable bonds is 5. The number of carbonyl (C=O) groups is 1. The van der Waals surface area contributed by atoms with Gasteiger partial charge in [-0.3, -0.25) is 4.90 Å². The molecule has 0 spiro atoms. The van der Waals surface area contributed by atoms with E-state index in [9.17, 15) is 9.90 Å². The first kappa shape index (κ1) is 21.2. The first-order valence-electron chi connectivity index (χ1n) is 9.94. The molecule has 0 unspecified atom stereocenters. The van der Waals surface area contributed by atoms with Gasteiger partial charge in [-0.1, -0.05) is 24.3 Å². The van der Waals surface area contributed by atoms with Gasteiger partial charge in [-0.15, -0.1) is 0 Å². The molecule has 1 aromatic carbocycles. The van der Waals surface area contributed by atoms with Gasteiger partial charge < -0.3 is 19.2 Å². The fourth-order valence-corrected chi connectivity index (χ4v) is 3.61. The summed E-state index contributed by atoms with van der Waals surface area (Å²) in [6, 6.07) is 7.86. The Morgan fingerprint density at radius 2 is 1.71 bits per heavy atom. The highest BCUT2D eigenvalue weighted by molar-refractivity contribution is 6.62.